The zero-order valence-electron chi connectivity index (χ0n) is 16.3. The molecule has 0 bridgehead atoms. The molecule has 6 heteroatoms. The highest BCUT2D eigenvalue weighted by Crippen LogP contribution is 2.38. The highest BCUT2D eigenvalue weighted by molar-refractivity contribution is 5.99. The molecule has 1 aliphatic rings. The van der Waals surface area contributed by atoms with Crippen LogP contribution in [0.3, 0.4) is 0 Å². The van der Waals surface area contributed by atoms with Gasteiger partial charge in [0.15, 0.2) is 17.3 Å². The number of carbonyl (C=O) groups excluding carboxylic acids is 1. The minimum Gasteiger partial charge on any atom is -0.491 e. The van der Waals surface area contributed by atoms with E-state index in [9.17, 15) is 22.4 Å². The van der Waals surface area contributed by atoms with Crippen LogP contribution in [0, 0.1) is 5.82 Å². The van der Waals surface area contributed by atoms with Gasteiger partial charge in [-0.05, 0) is 48.9 Å². The Morgan fingerprint density at radius 2 is 1.69 bits per heavy atom. The molecule has 0 aromatic heterocycles. The summed E-state index contributed by atoms with van der Waals surface area (Å²) in [6.07, 6.45) is 0.720. The number of halogens is 4. The first-order chi connectivity index (χ1) is 13.8. The Hall–Kier alpha value is -2.37. The molecule has 0 atom stereocenters. The SMILES string of the molecule is CCOc1ccc(C(=O)Cc2ccc(C3CCCCC3)cc2)c(C(F)(F)F)c1F. The Balaban J connectivity index is 1.82. The second kappa shape index (κ2) is 8.97. The van der Waals surface area contributed by atoms with Crippen molar-refractivity contribution in [1.82, 2.24) is 0 Å². The maximum absolute atomic E-state index is 14.4. The summed E-state index contributed by atoms with van der Waals surface area (Å²) in [6, 6.07) is 9.52. The van der Waals surface area contributed by atoms with Crippen LogP contribution in [0.5, 0.6) is 5.75 Å². The predicted molar refractivity (Wildman–Crippen MR) is 103 cm³/mol. The van der Waals surface area contributed by atoms with Crippen LogP contribution in [0.2, 0.25) is 0 Å². The van der Waals surface area contributed by atoms with Gasteiger partial charge in [-0.25, -0.2) is 4.39 Å². The molecular formula is C23H24F4O2. The summed E-state index contributed by atoms with van der Waals surface area (Å²) in [5.74, 6) is -2.32. The van der Waals surface area contributed by atoms with E-state index in [0.29, 0.717) is 11.5 Å². The summed E-state index contributed by atoms with van der Waals surface area (Å²) in [5.41, 5.74) is -0.428. The summed E-state index contributed by atoms with van der Waals surface area (Å²) in [6.45, 7) is 1.57. The van der Waals surface area contributed by atoms with E-state index < -0.39 is 34.7 Å². The molecule has 0 heterocycles. The molecule has 2 aromatic carbocycles. The topological polar surface area (TPSA) is 26.3 Å². The number of hydrogen-bond acceptors (Lipinski definition) is 2. The molecule has 2 nitrogen and oxygen atoms in total. The lowest BCUT2D eigenvalue weighted by Crippen LogP contribution is -2.18. The maximum atomic E-state index is 14.4. The van der Waals surface area contributed by atoms with E-state index in [1.807, 2.05) is 12.1 Å². The second-order valence-corrected chi connectivity index (χ2v) is 7.41. The fourth-order valence-corrected chi connectivity index (χ4v) is 3.96. The molecule has 0 saturated heterocycles. The maximum Gasteiger partial charge on any atom is 0.420 e. The molecule has 0 N–H and O–H groups in total. The summed E-state index contributed by atoms with van der Waals surface area (Å²) < 4.78 is 59.6. The monoisotopic (exact) mass is 408 g/mol. The Morgan fingerprint density at radius 3 is 2.28 bits per heavy atom. The quantitative estimate of drug-likeness (QED) is 0.392. The molecular weight excluding hydrogens is 384 g/mol. The number of rotatable bonds is 6. The predicted octanol–water partition coefficient (Wildman–Crippen LogP) is 6.72. The van der Waals surface area contributed by atoms with Crippen molar-refractivity contribution in [3.63, 3.8) is 0 Å². The minimum absolute atomic E-state index is 0.0227. The number of ketones is 1. The zero-order chi connectivity index (χ0) is 21.0. The van der Waals surface area contributed by atoms with Crippen LogP contribution in [0.15, 0.2) is 36.4 Å². The lowest BCUT2D eigenvalue weighted by atomic mass is 9.84. The molecule has 0 amide bonds. The van der Waals surface area contributed by atoms with Crippen LogP contribution < -0.4 is 4.74 Å². The van der Waals surface area contributed by atoms with Gasteiger partial charge in [-0.2, -0.15) is 13.2 Å². The molecule has 1 aliphatic carbocycles. The van der Waals surface area contributed by atoms with Crippen molar-refractivity contribution in [3.05, 3.63) is 64.5 Å². The van der Waals surface area contributed by atoms with Crippen molar-refractivity contribution in [3.8, 4) is 5.75 Å². The molecule has 2 aromatic rings. The van der Waals surface area contributed by atoms with Crippen molar-refractivity contribution in [1.29, 1.82) is 0 Å². The first-order valence-electron chi connectivity index (χ1n) is 9.95. The Kier molecular flexibility index (Phi) is 6.60. The molecule has 3 rings (SSSR count). The van der Waals surface area contributed by atoms with Gasteiger partial charge in [-0.15, -0.1) is 0 Å². The normalized spacial score (nSPS) is 15.3. The summed E-state index contributed by atoms with van der Waals surface area (Å²) in [7, 11) is 0. The van der Waals surface area contributed by atoms with Crippen molar-refractivity contribution in [2.24, 2.45) is 0 Å². The lowest BCUT2D eigenvalue weighted by Gasteiger charge is -2.22. The second-order valence-electron chi connectivity index (χ2n) is 7.41. The molecule has 0 unspecified atom stereocenters. The van der Waals surface area contributed by atoms with E-state index in [1.54, 1.807) is 19.1 Å². The van der Waals surface area contributed by atoms with Crippen LogP contribution in [0.4, 0.5) is 17.6 Å². The number of hydrogen-bond donors (Lipinski definition) is 0. The molecule has 0 radical (unpaired) electrons. The Morgan fingerprint density at radius 1 is 1.03 bits per heavy atom. The average Bonchev–Trinajstić information content (AvgIpc) is 2.69. The summed E-state index contributed by atoms with van der Waals surface area (Å²) in [4.78, 5) is 12.6. The number of Topliss-reactive ketones (excluding diaryl/α,β-unsaturated/α-hetero) is 1. The minimum atomic E-state index is -4.99. The van der Waals surface area contributed by atoms with Gasteiger partial charge in [0.25, 0.3) is 0 Å². The molecule has 0 aliphatic heterocycles. The fourth-order valence-electron chi connectivity index (χ4n) is 3.96. The van der Waals surface area contributed by atoms with Crippen molar-refractivity contribution < 1.29 is 27.1 Å². The van der Waals surface area contributed by atoms with E-state index in [-0.39, 0.29) is 13.0 Å². The van der Waals surface area contributed by atoms with Gasteiger partial charge in [0.2, 0.25) is 0 Å². The van der Waals surface area contributed by atoms with Gasteiger partial charge >= 0.3 is 6.18 Å². The zero-order valence-corrected chi connectivity index (χ0v) is 16.3. The molecule has 1 saturated carbocycles. The number of carbonyl (C=O) groups is 1. The third-order valence-corrected chi connectivity index (χ3v) is 5.41. The third kappa shape index (κ3) is 4.98. The van der Waals surface area contributed by atoms with Gasteiger partial charge in [0, 0.05) is 12.0 Å². The first-order valence-corrected chi connectivity index (χ1v) is 9.95. The first kappa shape index (κ1) is 21.3. The smallest absolute Gasteiger partial charge is 0.420 e. The molecule has 29 heavy (non-hydrogen) atoms. The summed E-state index contributed by atoms with van der Waals surface area (Å²) in [5, 5.41) is 0. The van der Waals surface area contributed by atoms with Crippen LogP contribution >= 0.6 is 0 Å². The van der Waals surface area contributed by atoms with Crippen molar-refractivity contribution >= 4 is 5.78 Å². The molecule has 1 fully saturated rings. The Bertz CT molecular complexity index is 850. The number of benzene rings is 2. The van der Waals surface area contributed by atoms with E-state index >= 15 is 0 Å². The van der Waals surface area contributed by atoms with Crippen molar-refractivity contribution in [2.45, 2.75) is 57.5 Å². The van der Waals surface area contributed by atoms with Crippen molar-refractivity contribution in [2.75, 3.05) is 6.61 Å². The highest BCUT2D eigenvalue weighted by atomic mass is 19.4. The van der Waals surface area contributed by atoms with Gasteiger partial charge in [-0.1, -0.05) is 43.5 Å². The van der Waals surface area contributed by atoms with Crippen LogP contribution in [0.25, 0.3) is 0 Å². The van der Waals surface area contributed by atoms with E-state index in [1.165, 1.54) is 24.8 Å². The van der Waals surface area contributed by atoms with Crippen LogP contribution in [-0.2, 0) is 12.6 Å². The molecule has 0 spiro atoms. The third-order valence-electron chi connectivity index (χ3n) is 5.41. The largest absolute Gasteiger partial charge is 0.491 e. The number of ether oxygens (including phenoxy) is 1. The lowest BCUT2D eigenvalue weighted by molar-refractivity contribution is -0.140. The summed E-state index contributed by atoms with van der Waals surface area (Å²) >= 11 is 0. The van der Waals surface area contributed by atoms with Gasteiger partial charge in [0.1, 0.15) is 5.56 Å². The van der Waals surface area contributed by atoms with Gasteiger partial charge < -0.3 is 4.74 Å². The van der Waals surface area contributed by atoms with E-state index in [0.717, 1.165) is 25.0 Å². The van der Waals surface area contributed by atoms with Gasteiger partial charge in [-0.3, -0.25) is 4.79 Å². The molecule has 156 valence electrons. The van der Waals surface area contributed by atoms with E-state index in [2.05, 4.69) is 0 Å². The average molecular weight is 408 g/mol. The van der Waals surface area contributed by atoms with E-state index in [4.69, 9.17) is 4.74 Å². The highest BCUT2D eigenvalue weighted by Gasteiger charge is 2.40. The standard InChI is InChI=1S/C23H24F4O2/c1-2-29-20-13-12-18(21(22(20)24)23(25,26)27)19(28)14-15-8-10-17(11-9-15)16-6-4-3-5-7-16/h8-13,16H,2-7,14H2,1H3. The number of alkyl halides is 3. The van der Waals surface area contributed by atoms with Crippen LogP contribution in [0.1, 0.15) is 72.0 Å². The Labute approximate surface area is 167 Å². The van der Waals surface area contributed by atoms with Crippen LogP contribution in [-0.4, -0.2) is 12.4 Å². The fraction of sp³-hybridized carbons (Fsp3) is 0.435. The van der Waals surface area contributed by atoms with Gasteiger partial charge in [0.05, 0.1) is 6.61 Å².